The molecule has 3 N–H and O–H groups in total. The fourth-order valence-corrected chi connectivity index (χ4v) is 5.87. The highest BCUT2D eigenvalue weighted by atomic mass is 32.1. The Kier molecular flexibility index (Phi) is 5.98. The number of hydrogen-bond donors (Lipinski definition) is 3. The van der Waals surface area contributed by atoms with Gasteiger partial charge < -0.3 is 15.2 Å². The number of aromatic nitrogens is 3. The van der Waals surface area contributed by atoms with Crippen molar-refractivity contribution in [1.82, 2.24) is 25.6 Å². The SMILES string of the molecule is O=C1NC(=O)C(c2c[nH]c3sccc23)=C1c1nc(N2CCC(CNCCF)CC2)nc2ccccc12. The summed E-state index contributed by atoms with van der Waals surface area (Å²) in [5.41, 5.74) is 2.48. The maximum absolute atomic E-state index is 13.2. The predicted molar refractivity (Wildman–Crippen MR) is 139 cm³/mol. The molecule has 2 aliphatic heterocycles. The van der Waals surface area contributed by atoms with E-state index in [2.05, 4.69) is 20.5 Å². The molecule has 0 spiro atoms. The number of nitrogens with one attached hydrogen (secondary N) is 3. The standard InChI is InChI=1S/C26H25FN6O2S/c27-8-9-28-13-15-5-10-33(11-6-15)26-30-19-4-2-1-3-17(19)22(31-26)21-20(23(34)32-24(21)35)18-14-29-25-16(18)7-12-36-25/h1-4,7,12,14-15,28-29H,5-6,8-11,13H2,(H,32,34,35). The van der Waals surface area contributed by atoms with Crippen LogP contribution >= 0.6 is 11.3 Å². The molecule has 0 atom stereocenters. The zero-order valence-corrected chi connectivity index (χ0v) is 20.3. The first-order valence-corrected chi connectivity index (χ1v) is 13.0. The van der Waals surface area contributed by atoms with Crippen LogP contribution in [0.4, 0.5) is 10.3 Å². The molecule has 0 bridgehead atoms. The van der Waals surface area contributed by atoms with Gasteiger partial charge in [-0.1, -0.05) is 18.2 Å². The van der Waals surface area contributed by atoms with E-state index >= 15 is 0 Å². The molecule has 4 aromatic rings. The number of carbonyl (C=O) groups excluding carboxylic acids is 2. The molecular weight excluding hydrogens is 479 g/mol. The van der Waals surface area contributed by atoms with E-state index < -0.39 is 11.8 Å². The first-order chi connectivity index (χ1) is 17.6. The second-order valence-electron chi connectivity index (χ2n) is 9.11. The van der Waals surface area contributed by atoms with Crippen molar-refractivity contribution in [2.45, 2.75) is 12.8 Å². The summed E-state index contributed by atoms with van der Waals surface area (Å²) in [5, 5.41) is 9.22. The monoisotopic (exact) mass is 504 g/mol. The summed E-state index contributed by atoms with van der Waals surface area (Å²) >= 11 is 1.55. The van der Waals surface area contributed by atoms with Gasteiger partial charge in [-0.15, -0.1) is 11.3 Å². The smallest absolute Gasteiger partial charge is 0.261 e. The van der Waals surface area contributed by atoms with Crippen LogP contribution in [-0.2, 0) is 9.59 Å². The average Bonchev–Trinajstić information content (AvgIpc) is 3.59. The van der Waals surface area contributed by atoms with E-state index in [0.29, 0.717) is 35.2 Å². The van der Waals surface area contributed by atoms with Gasteiger partial charge in [-0.25, -0.2) is 14.4 Å². The number of rotatable bonds is 7. The van der Waals surface area contributed by atoms with Crippen LogP contribution in [0.3, 0.4) is 0 Å². The molecule has 1 saturated heterocycles. The van der Waals surface area contributed by atoms with Crippen molar-refractivity contribution in [1.29, 1.82) is 0 Å². The van der Waals surface area contributed by atoms with Gasteiger partial charge in [0.2, 0.25) is 5.95 Å². The van der Waals surface area contributed by atoms with Crippen molar-refractivity contribution in [3.05, 3.63) is 53.2 Å². The molecule has 0 unspecified atom stereocenters. The number of nitrogens with zero attached hydrogens (tertiary/aromatic N) is 3. The fraction of sp³-hybridized carbons (Fsp3) is 0.308. The van der Waals surface area contributed by atoms with Gasteiger partial charge >= 0.3 is 0 Å². The summed E-state index contributed by atoms with van der Waals surface area (Å²) in [6.45, 7) is 2.36. The van der Waals surface area contributed by atoms with Gasteiger partial charge in [0.25, 0.3) is 11.8 Å². The largest absolute Gasteiger partial charge is 0.352 e. The quantitative estimate of drug-likeness (QED) is 0.263. The van der Waals surface area contributed by atoms with Gasteiger partial charge in [0.15, 0.2) is 0 Å². The topological polar surface area (TPSA) is 103 Å². The zero-order chi connectivity index (χ0) is 24.6. The van der Waals surface area contributed by atoms with Crippen LogP contribution in [0.25, 0.3) is 32.3 Å². The number of benzene rings is 1. The molecule has 36 heavy (non-hydrogen) atoms. The van der Waals surface area contributed by atoms with Crippen molar-refractivity contribution in [3.8, 4) is 0 Å². The fourth-order valence-electron chi connectivity index (χ4n) is 5.10. The van der Waals surface area contributed by atoms with Crippen molar-refractivity contribution >= 4 is 61.4 Å². The van der Waals surface area contributed by atoms with Crippen molar-refractivity contribution in [2.75, 3.05) is 37.8 Å². The number of para-hydroxylation sites is 1. The van der Waals surface area contributed by atoms with Crippen molar-refractivity contribution in [3.63, 3.8) is 0 Å². The molecule has 2 amide bonds. The first kappa shape index (κ1) is 22.8. The van der Waals surface area contributed by atoms with Gasteiger partial charge in [0.1, 0.15) is 11.5 Å². The van der Waals surface area contributed by atoms with E-state index in [1.54, 1.807) is 17.5 Å². The van der Waals surface area contributed by atoms with E-state index in [4.69, 9.17) is 9.97 Å². The average molecular weight is 505 g/mol. The number of piperidine rings is 1. The highest BCUT2D eigenvalue weighted by Gasteiger charge is 2.36. The van der Waals surface area contributed by atoms with Crippen LogP contribution in [0.2, 0.25) is 0 Å². The van der Waals surface area contributed by atoms with Crippen molar-refractivity contribution in [2.24, 2.45) is 5.92 Å². The molecule has 6 rings (SSSR count). The highest BCUT2D eigenvalue weighted by Crippen LogP contribution is 2.38. The third-order valence-electron chi connectivity index (χ3n) is 6.93. The second-order valence-corrected chi connectivity index (χ2v) is 10.0. The van der Waals surface area contributed by atoms with E-state index in [1.807, 2.05) is 35.7 Å². The molecule has 10 heteroatoms. The van der Waals surface area contributed by atoms with Gasteiger partial charge in [0, 0.05) is 42.2 Å². The lowest BCUT2D eigenvalue weighted by Gasteiger charge is -2.32. The second kappa shape index (κ2) is 9.44. The van der Waals surface area contributed by atoms with Crippen molar-refractivity contribution < 1.29 is 14.0 Å². The molecule has 0 aliphatic carbocycles. The summed E-state index contributed by atoms with van der Waals surface area (Å²) in [7, 11) is 0. The Morgan fingerprint density at radius 1 is 1.06 bits per heavy atom. The van der Waals surface area contributed by atoms with Crippen LogP contribution in [-0.4, -0.2) is 59.6 Å². The molecule has 3 aromatic heterocycles. The lowest BCUT2D eigenvalue weighted by Crippen LogP contribution is -2.38. The minimum atomic E-state index is -0.452. The minimum absolute atomic E-state index is 0.275. The van der Waals surface area contributed by atoms with Gasteiger partial charge in [-0.05, 0) is 42.8 Å². The van der Waals surface area contributed by atoms with Gasteiger partial charge in [-0.2, -0.15) is 0 Å². The Morgan fingerprint density at radius 2 is 1.86 bits per heavy atom. The number of amides is 2. The number of anilines is 1. The Bertz CT molecular complexity index is 1500. The number of imide groups is 1. The van der Waals surface area contributed by atoms with E-state index in [1.165, 1.54) is 0 Å². The number of hydrogen-bond acceptors (Lipinski definition) is 7. The van der Waals surface area contributed by atoms with E-state index in [-0.39, 0.29) is 12.2 Å². The maximum atomic E-state index is 13.2. The predicted octanol–water partition coefficient (Wildman–Crippen LogP) is 3.52. The summed E-state index contributed by atoms with van der Waals surface area (Å²) in [5.74, 6) is 0.148. The lowest BCUT2D eigenvalue weighted by molar-refractivity contribution is -0.122. The molecule has 1 fully saturated rings. The molecule has 0 saturated carbocycles. The summed E-state index contributed by atoms with van der Waals surface area (Å²) in [6.07, 6.45) is 3.66. The molecule has 2 aliphatic rings. The Labute approximate surface area is 210 Å². The number of H-pyrrole nitrogens is 1. The number of fused-ring (bicyclic) bond motifs is 2. The zero-order valence-electron chi connectivity index (χ0n) is 19.5. The van der Waals surface area contributed by atoms with Crippen LogP contribution in [0.1, 0.15) is 24.1 Å². The molecule has 184 valence electrons. The number of thiophene rings is 1. The summed E-state index contributed by atoms with van der Waals surface area (Å²) in [6, 6.07) is 9.52. The molecular formula is C26H25FN6O2S. The molecule has 5 heterocycles. The molecule has 8 nitrogen and oxygen atoms in total. The van der Waals surface area contributed by atoms with Crippen LogP contribution in [0.5, 0.6) is 0 Å². The van der Waals surface area contributed by atoms with Crippen LogP contribution in [0, 0.1) is 5.92 Å². The Morgan fingerprint density at radius 3 is 2.69 bits per heavy atom. The third kappa shape index (κ3) is 3.96. The molecule has 0 radical (unpaired) electrons. The highest BCUT2D eigenvalue weighted by molar-refractivity contribution is 7.16. The number of carbonyl (C=O) groups is 2. The minimum Gasteiger partial charge on any atom is -0.352 e. The Hall–Kier alpha value is -3.63. The number of alkyl halides is 1. The lowest BCUT2D eigenvalue weighted by atomic mass is 9.96. The van der Waals surface area contributed by atoms with Gasteiger partial charge in [0.05, 0.1) is 22.4 Å². The normalized spacial score (nSPS) is 17.1. The number of aromatic amines is 1. The van der Waals surface area contributed by atoms with E-state index in [0.717, 1.165) is 53.6 Å². The third-order valence-corrected chi connectivity index (χ3v) is 7.78. The van der Waals surface area contributed by atoms with E-state index in [9.17, 15) is 14.0 Å². The maximum Gasteiger partial charge on any atom is 0.261 e. The van der Waals surface area contributed by atoms with Gasteiger partial charge in [-0.3, -0.25) is 14.9 Å². The summed E-state index contributed by atoms with van der Waals surface area (Å²) < 4.78 is 12.4. The first-order valence-electron chi connectivity index (χ1n) is 12.1. The van der Waals surface area contributed by atoms with Crippen LogP contribution < -0.4 is 15.5 Å². The van der Waals surface area contributed by atoms with Crippen LogP contribution in [0.15, 0.2) is 41.9 Å². The summed E-state index contributed by atoms with van der Waals surface area (Å²) in [4.78, 5) is 42.2. The number of halogens is 1. The Balaban J connectivity index is 1.43. The molecule has 1 aromatic carbocycles.